The van der Waals surface area contributed by atoms with Crippen LogP contribution in [-0.4, -0.2) is 16.8 Å². The predicted octanol–water partition coefficient (Wildman–Crippen LogP) is 3.57. The van der Waals surface area contributed by atoms with Gasteiger partial charge in [-0.2, -0.15) is 0 Å². The van der Waals surface area contributed by atoms with Crippen LogP contribution in [0.2, 0.25) is 0 Å². The van der Waals surface area contributed by atoms with E-state index in [4.69, 9.17) is 0 Å². The van der Waals surface area contributed by atoms with E-state index in [0.717, 1.165) is 36.4 Å². The van der Waals surface area contributed by atoms with E-state index >= 15 is 0 Å². The largest absolute Gasteiger partial charge is 0.277 e. The first-order chi connectivity index (χ1) is 13.2. The molecule has 0 saturated carbocycles. The van der Waals surface area contributed by atoms with E-state index in [1.807, 2.05) is 0 Å². The van der Waals surface area contributed by atoms with Gasteiger partial charge in [-0.15, -0.1) is 0 Å². The molecule has 0 spiro atoms. The summed E-state index contributed by atoms with van der Waals surface area (Å²) >= 11 is 0. The van der Waals surface area contributed by atoms with Gasteiger partial charge in [-0.25, -0.2) is 25.6 Å². The van der Waals surface area contributed by atoms with Crippen molar-refractivity contribution in [3.05, 3.63) is 84.4 Å². The summed E-state index contributed by atoms with van der Waals surface area (Å²) in [5, 5.41) is 0. The molecule has 0 aliphatic rings. The topological polar surface area (TPSA) is 92.3 Å². The van der Waals surface area contributed by atoms with Gasteiger partial charge in [0.1, 0.15) is 11.6 Å². The minimum Gasteiger partial charge on any atom is -0.277 e. The van der Waals surface area contributed by atoms with Gasteiger partial charge in [0.25, 0.3) is 20.0 Å². The summed E-state index contributed by atoms with van der Waals surface area (Å²) in [5.74, 6) is -1.32. The number of halogens is 2. The Morgan fingerprint density at radius 2 is 1.11 bits per heavy atom. The second-order valence-corrected chi connectivity index (χ2v) is 9.03. The second-order valence-electron chi connectivity index (χ2n) is 5.67. The molecular formula is C18H14F2N2O4S2. The Kier molecular flexibility index (Phi) is 5.34. The molecule has 0 saturated heterocycles. The highest BCUT2D eigenvalue weighted by molar-refractivity contribution is 7.93. The van der Waals surface area contributed by atoms with Crippen molar-refractivity contribution in [2.75, 3.05) is 9.44 Å². The lowest BCUT2D eigenvalue weighted by Crippen LogP contribution is -2.17. The Bertz CT molecular complexity index is 1210. The Balaban J connectivity index is 1.92. The smallest absolute Gasteiger partial charge is 0.262 e. The van der Waals surface area contributed by atoms with Crippen LogP contribution >= 0.6 is 0 Å². The maximum atomic E-state index is 13.3. The summed E-state index contributed by atoms with van der Waals surface area (Å²) in [4.78, 5) is -0.514. The SMILES string of the molecule is O=S(=O)(Nc1ccccc1NS(=O)(=O)c1cccc(F)c1)c1ccc(F)cc1. The third-order valence-electron chi connectivity index (χ3n) is 3.65. The molecule has 0 radical (unpaired) electrons. The summed E-state index contributed by atoms with van der Waals surface area (Å²) in [6.07, 6.45) is 0. The first kappa shape index (κ1) is 19.8. The van der Waals surface area contributed by atoms with Crippen LogP contribution < -0.4 is 9.44 Å². The van der Waals surface area contributed by atoms with Gasteiger partial charge in [0.05, 0.1) is 21.2 Å². The minimum atomic E-state index is -4.16. The Hall–Kier alpha value is -2.98. The van der Waals surface area contributed by atoms with Crippen LogP contribution in [0.15, 0.2) is 82.6 Å². The van der Waals surface area contributed by atoms with Crippen molar-refractivity contribution in [3.63, 3.8) is 0 Å². The maximum absolute atomic E-state index is 13.3. The van der Waals surface area contributed by atoms with E-state index in [2.05, 4.69) is 9.44 Å². The molecule has 0 aliphatic carbocycles. The lowest BCUT2D eigenvalue weighted by Gasteiger charge is -2.14. The van der Waals surface area contributed by atoms with Crippen molar-refractivity contribution in [3.8, 4) is 0 Å². The van der Waals surface area contributed by atoms with Crippen molar-refractivity contribution in [2.45, 2.75) is 9.79 Å². The molecular weight excluding hydrogens is 410 g/mol. The summed E-state index contributed by atoms with van der Waals surface area (Å²) in [6, 6.07) is 14.2. The van der Waals surface area contributed by atoms with Gasteiger partial charge >= 0.3 is 0 Å². The maximum Gasteiger partial charge on any atom is 0.262 e. The van der Waals surface area contributed by atoms with E-state index < -0.39 is 31.7 Å². The minimum absolute atomic E-state index is 0.0493. The van der Waals surface area contributed by atoms with Crippen molar-refractivity contribution in [1.29, 1.82) is 0 Å². The van der Waals surface area contributed by atoms with Gasteiger partial charge in [0, 0.05) is 0 Å². The highest BCUT2D eigenvalue weighted by Gasteiger charge is 2.20. The highest BCUT2D eigenvalue weighted by atomic mass is 32.2. The van der Waals surface area contributed by atoms with Crippen LogP contribution in [0.25, 0.3) is 0 Å². The molecule has 2 N–H and O–H groups in total. The number of rotatable bonds is 6. The molecule has 10 heteroatoms. The fraction of sp³-hybridized carbons (Fsp3) is 0. The number of anilines is 2. The van der Waals surface area contributed by atoms with Gasteiger partial charge in [-0.3, -0.25) is 9.44 Å². The number of nitrogens with one attached hydrogen (secondary N) is 2. The van der Waals surface area contributed by atoms with Gasteiger partial charge in [0.2, 0.25) is 0 Å². The number of sulfonamides is 2. The molecule has 0 bridgehead atoms. The number of benzene rings is 3. The molecule has 3 aromatic rings. The summed E-state index contributed by atoms with van der Waals surface area (Å²) < 4.78 is 80.8. The van der Waals surface area contributed by atoms with Crippen molar-refractivity contribution < 1.29 is 25.6 Å². The third kappa shape index (κ3) is 4.46. The molecule has 6 nitrogen and oxygen atoms in total. The quantitative estimate of drug-likeness (QED) is 0.633. The highest BCUT2D eigenvalue weighted by Crippen LogP contribution is 2.27. The van der Waals surface area contributed by atoms with Crippen LogP contribution in [0.3, 0.4) is 0 Å². The van der Waals surface area contributed by atoms with Crippen LogP contribution in [0.5, 0.6) is 0 Å². The molecule has 0 unspecified atom stereocenters. The molecule has 0 heterocycles. The fourth-order valence-corrected chi connectivity index (χ4v) is 4.51. The Morgan fingerprint density at radius 3 is 1.64 bits per heavy atom. The molecule has 3 aromatic carbocycles. The summed E-state index contributed by atoms with van der Waals surface area (Å²) in [7, 11) is -8.25. The van der Waals surface area contributed by atoms with Crippen LogP contribution in [0.4, 0.5) is 20.2 Å². The molecule has 0 fully saturated rings. The van der Waals surface area contributed by atoms with E-state index in [-0.39, 0.29) is 21.2 Å². The van der Waals surface area contributed by atoms with Crippen LogP contribution in [0.1, 0.15) is 0 Å². The first-order valence-corrected chi connectivity index (χ1v) is 10.8. The van der Waals surface area contributed by atoms with Crippen LogP contribution in [0, 0.1) is 11.6 Å². The number of hydrogen-bond acceptors (Lipinski definition) is 4. The average molecular weight is 424 g/mol. The molecule has 0 aliphatic heterocycles. The standard InChI is InChI=1S/C18H14F2N2O4S2/c19-13-8-10-15(11-9-13)27(23,24)21-17-6-1-2-7-18(17)22-28(25,26)16-5-3-4-14(20)12-16/h1-12,21-22H. The second kappa shape index (κ2) is 7.56. The fourth-order valence-electron chi connectivity index (χ4n) is 2.32. The number of hydrogen-bond donors (Lipinski definition) is 2. The third-order valence-corrected chi connectivity index (χ3v) is 6.39. The molecule has 146 valence electrons. The van der Waals surface area contributed by atoms with E-state index in [1.165, 1.54) is 36.4 Å². The molecule has 0 atom stereocenters. The predicted molar refractivity (Wildman–Crippen MR) is 101 cm³/mol. The zero-order chi connectivity index (χ0) is 20.4. The Morgan fingerprint density at radius 1 is 0.571 bits per heavy atom. The zero-order valence-corrected chi connectivity index (χ0v) is 15.8. The molecule has 28 heavy (non-hydrogen) atoms. The van der Waals surface area contributed by atoms with Crippen molar-refractivity contribution in [1.82, 2.24) is 0 Å². The van der Waals surface area contributed by atoms with Gasteiger partial charge in [-0.1, -0.05) is 18.2 Å². The molecule has 0 aromatic heterocycles. The number of para-hydroxylation sites is 2. The van der Waals surface area contributed by atoms with Gasteiger partial charge < -0.3 is 0 Å². The first-order valence-electron chi connectivity index (χ1n) is 7.83. The van der Waals surface area contributed by atoms with Crippen molar-refractivity contribution >= 4 is 31.4 Å². The molecule has 0 amide bonds. The van der Waals surface area contributed by atoms with Crippen LogP contribution in [-0.2, 0) is 20.0 Å². The van der Waals surface area contributed by atoms with Crippen molar-refractivity contribution in [2.24, 2.45) is 0 Å². The van der Waals surface area contributed by atoms with E-state index in [1.54, 1.807) is 0 Å². The lowest BCUT2D eigenvalue weighted by atomic mass is 10.3. The summed E-state index contributed by atoms with van der Waals surface area (Å²) in [5.41, 5.74) is -0.107. The monoisotopic (exact) mass is 424 g/mol. The Labute approximate surface area is 160 Å². The molecule has 3 rings (SSSR count). The van der Waals surface area contributed by atoms with E-state index in [0.29, 0.717) is 0 Å². The summed E-state index contributed by atoms with van der Waals surface area (Å²) in [6.45, 7) is 0. The average Bonchev–Trinajstić information content (AvgIpc) is 2.63. The lowest BCUT2D eigenvalue weighted by molar-refractivity contribution is 0.594. The van der Waals surface area contributed by atoms with E-state index in [9.17, 15) is 25.6 Å². The zero-order valence-electron chi connectivity index (χ0n) is 14.1. The normalized spacial score (nSPS) is 11.8. The van der Waals surface area contributed by atoms with Gasteiger partial charge in [-0.05, 0) is 54.6 Å². The van der Waals surface area contributed by atoms with Gasteiger partial charge in [0.15, 0.2) is 0 Å².